The van der Waals surface area contributed by atoms with Gasteiger partial charge in [-0.05, 0) is 24.1 Å². The third-order valence-electron chi connectivity index (χ3n) is 3.36. The van der Waals surface area contributed by atoms with Crippen molar-refractivity contribution < 1.29 is 19.4 Å². The molecule has 2 unspecified atom stereocenters. The van der Waals surface area contributed by atoms with E-state index in [9.17, 15) is 9.59 Å². The van der Waals surface area contributed by atoms with E-state index >= 15 is 0 Å². The molecule has 4 N–H and O–H groups in total. The number of anilines is 1. The number of carboxylic acid groups (broad SMARTS) is 1. The first kappa shape index (κ1) is 14.3. The lowest BCUT2D eigenvalue weighted by Crippen LogP contribution is -2.42. The number of carboxylic acids is 1. The van der Waals surface area contributed by atoms with Crippen LogP contribution in [0.3, 0.4) is 0 Å². The fourth-order valence-corrected chi connectivity index (χ4v) is 2.16. The predicted octanol–water partition coefficient (Wildman–Crippen LogP) is 0.417. The maximum atomic E-state index is 11.8. The molecular formula is C14H18N2O4. The molecule has 1 aliphatic heterocycles. The van der Waals surface area contributed by atoms with Crippen LogP contribution >= 0.6 is 0 Å². The van der Waals surface area contributed by atoms with Crippen LogP contribution in [0.25, 0.3) is 0 Å². The zero-order chi connectivity index (χ0) is 14.5. The topological polar surface area (TPSA) is 102 Å². The molecule has 1 fully saturated rings. The first-order valence-corrected chi connectivity index (χ1v) is 6.50. The van der Waals surface area contributed by atoms with E-state index in [1.54, 1.807) is 12.1 Å². The van der Waals surface area contributed by atoms with E-state index in [1.807, 2.05) is 12.1 Å². The highest BCUT2D eigenvalue weighted by Crippen LogP contribution is 2.14. The Balaban J connectivity index is 1.80. The number of carbonyl (C=O) groups excluding carboxylic acids is 1. The van der Waals surface area contributed by atoms with Gasteiger partial charge in [0.2, 0.25) is 5.91 Å². The standard InChI is InChI=1S/C14H18N2O4/c15-10-4-1-9(2-5-10)3-6-13(17)16-12-8-20-7-11(12)14(18)19/h1-2,4-5,11-12H,3,6-8,15H2,(H,16,17)(H,18,19). The molecule has 1 aromatic rings. The van der Waals surface area contributed by atoms with Crippen molar-refractivity contribution in [1.29, 1.82) is 0 Å². The third kappa shape index (κ3) is 3.71. The van der Waals surface area contributed by atoms with Crippen molar-refractivity contribution >= 4 is 17.6 Å². The van der Waals surface area contributed by atoms with Crippen LogP contribution in [0.5, 0.6) is 0 Å². The van der Waals surface area contributed by atoms with Gasteiger partial charge in [0.15, 0.2) is 0 Å². The van der Waals surface area contributed by atoms with Crippen LogP contribution in [0, 0.1) is 5.92 Å². The Morgan fingerprint density at radius 3 is 2.65 bits per heavy atom. The number of rotatable bonds is 5. The minimum absolute atomic E-state index is 0.151. The summed E-state index contributed by atoms with van der Waals surface area (Å²) in [6.45, 7) is 0.406. The second-order valence-electron chi connectivity index (χ2n) is 4.90. The molecule has 0 radical (unpaired) electrons. The van der Waals surface area contributed by atoms with Crippen molar-refractivity contribution in [2.24, 2.45) is 5.92 Å². The summed E-state index contributed by atoms with van der Waals surface area (Å²) in [5.74, 6) is -1.76. The summed E-state index contributed by atoms with van der Waals surface area (Å²) in [4.78, 5) is 22.8. The molecule has 1 aliphatic rings. The number of hydrogen-bond acceptors (Lipinski definition) is 4. The van der Waals surface area contributed by atoms with Crippen molar-refractivity contribution in [3.63, 3.8) is 0 Å². The van der Waals surface area contributed by atoms with Gasteiger partial charge < -0.3 is 20.9 Å². The van der Waals surface area contributed by atoms with E-state index in [0.717, 1.165) is 5.56 Å². The highest BCUT2D eigenvalue weighted by atomic mass is 16.5. The van der Waals surface area contributed by atoms with Crippen molar-refractivity contribution in [2.75, 3.05) is 18.9 Å². The number of benzene rings is 1. The summed E-state index contributed by atoms with van der Waals surface area (Å²) in [7, 11) is 0. The molecule has 1 heterocycles. The maximum absolute atomic E-state index is 11.8. The molecule has 0 aromatic heterocycles. The van der Waals surface area contributed by atoms with E-state index in [0.29, 0.717) is 18.5 Å². The van der Waals surface area contributed by atoms with E-state index < -0.39 is 17.9 Å². The summed E-state index contributed by atoms with van der Waals surface area (Å²) in [6, 6.07) is 6.89. The van der Waals surface area contributed by atoms with Gasteiger partial charge in [0.1, 0.15) is 5.92 Å². The molecular weight excluding hydrogens is 260 g/mol. The molecule has 1 amide bonds. The molecule has 6 nitrogen and oxygen atoms in total. The van der Waals surface area contributed by atoms with Crippen LogP contribution < -0.4 is 11.1 Å². The van der Waals surface area contributed by atoms with Crippen molar-refractivity contribution in [2.45, 2.75) is 18.9 Å². The van der Waals surface area contributed by atoms with Gasteiger partial charge in [0.25, 0.3) is 0 Å². The number of nitrogens with one attached hydrogen (secondary N) is 1. The first-order valence-electron chi connectivity index (χ1n) is 6.50. The van der Waals surface area contributed by atoms with E-state index in [-0.39, 0.29) is 19.1 Å². The van der Waals surface area contributed by atoms with Crippen LogP contribution in [0.15, 0.2) is 24.3 Å². The van der Waals surface area contributed by atoms with Gasteiger partial charge in [-0.3, -0.25) is 9.59 Å². The zero-order valence-corrected chi connectivity index (χ0v) is 11.0. The largest absolute Gasteiger partial charge is 0.481 e. The summed E-state index contributed by atoms with van der Waals surface area (Å²) in [6.07, 6.45) is 0.907. The van der Waals surface area contributed by atoms with Crippen molar-refractivity contribution in [3.05, 3.63) is 29.8 Å². The number of nitrogens with two attached hydrogens (primary N) is 1. The molecule has 1 saturated heterocycles. The summed E-state index contributed by atoms with van der Waals surface area (Å²) >= 11 is 0. The van der Waals surface area contributed by atoms with E-state index in [2.05, 4.69) is 5.32 Å². The Labute approximate surface area is 116 Å². The molecule has 1 aromatic carbocycles. The molecule has 0 aliphatic carbocycles. The Morgan fingerprint density at radius 1 is 1.30 bits per heavy atom. The third-order valence-corrected chi connectivity index (χ3v) is 3.36. The van der Waals surface area contributed by atoms with Crippen LogP contribution in [-0.4, -0.2) is 36.2 Å². The number of nitrogen functional groups attached to an aromatic ring is 1. The lowest BCUT2D eigenvalue weighted by atomic mass is 10.0. The Hall–Kier alpha value is -2.08. The maximum Gasteiger partial charge on any atom is 0.311 e. The van der Waals surface area contributed by atoms with Gasteiger partial charge in [-0.15, -0.1) is 0 Å². The van der Waals surface area contributed by atoms with Crippen molar-refractivity contribution in [3.8, 4) is 0 Å². The first-order chi connectivity index (χ1) is 9.56. The predicted molar refractivity (Wildman–Crippen MR) is 73.1 cm³/mol. The van der Waals surface area contributed by atoms with Gasteiger partial charge in [-0.2, -0.15) is 0 Å². The minimum Gasteiger partial charge on any atom is -0.481 e. The number of hydrogen-bond donors (Lipinski definition) is 3. The average Bonchev–Trinajstić information content (AvgIpc) is 2.86. The number of carbonyl (C=O) groups is 2. The Kier molecular flexibility index (Phi) is 4.57. The zero-order valence-electron chi connectivity index (χ0n) is 11.0. The Morgan fingerprint density at radius 2 is 2.00 bits per heavy atom. The molecule has 0 bridgehead atoms. The van der Waals surface area contributed by atoms with E-state index in [4.69, 9.17) is 15.6 Å². The van der Waals surface area contributed by atoms with E-state index in [1.165, 1.54) is 0 Å². The molecule has 6 heteroatoms. The normalized spacial score (nSPS) is 21.6. The highest BCUT2D eigenvalue weighted by molar-refractivity contribution is 5.78. The number of amides is 1. The second kappa shape index (κ2) is 6.38. The molecule has 20 heavy (non-hydrogen) atoms. The highest BCUT2D eigenvalue weighted by Gasteiger charge is 2.34. The smallest absolute Gasteiger partial charge is 0.311 e. The average molecular weight is 278 g/mol. The van der Waals surface area contributed by atoms with Gasteiger partial charge in [0.05, 0.1) is 19.3 Å². The Bertz CT molecular complexity index is 486. The van der Waals surface area contributed by atoms with Gasteiger partial charge in [0, 0.05) is 12.1 Å². The van der Waals surface area contributed by atoms with Crippen molar-refractivity contribution in [1.82, 2.24) is 5.32 Å². The molecule has 108 valence electrons. The number of ether oxygens (including phenoxy) is 1. The van der Waals surface area contributed by atoms with Crippen LogP contribution in [0.2, 0.25) is 0 Å². The summed E-state index contributed by atoms with van der Waals surface area (Å²) in [5.41, 5.74) is 7.29. The fourth-order valence-electron chi connectivity index (χ4n) is 2.16. The lowest BCUT2D eigenvalue weighted by Gasteiger charge is -2.15. The SMILES string of the molecule is Nc1ccc(CCC(=O)NC2COCC2C(=O)O)cc1. The molecule has 0 saturated carbocycles. The number of aryl methyl sites for hydroxylation is 1. The van der Waals surface area contributed by atoms with Crippen LogP contribution in [0.1, 0.15) is 12.0 Å². The molecule has 2 rings (SSSR count). The molecule has 2 atom stereocenters. The minimum atomic E-state index is -0.939. The van der Waals surface area contributed by atoms with Gasteiger partial charge in [-0.25, -0.2) is 0 Å². The van der Waals surface area contributed by atoms with Crippen LogP contribution in [-0.2, 0) is 20.7 Å². The lowest BCUT2D eigenvalue weighted by molar-refractivity contribution is -0.142. The van der Waals surface area contributed by atoms with Crippen LogP contribution in [0.4, 0.5) is 5.69 Å². The van der Waals surface area contributed by atoms with Gasteiger partial charge in [-0.1, -0.05) is 12.1 Å². The van der Waals surface area contributed by atoms with Gasteiger partial charge >= 0.3 is 5.97 Å². The fraction of sp³-hybridized carbons (Fsp3) is 0.429. The second-order valence-corrected chi connectivity index (χ2v) is 4.90. The summed E-state index contributed by atoms with van der Waals surface area (Å²) < 4.78 is 5.10. The number of aliphatic carboxylic acids is 1. The molecule has 0 spiro atoms. The quantitative estimate of drug-likeness (QED) is 0.677. The monoisotopic (exact) mass is 278 g/mol. The summed E-state index contributed by atoms with van der Waals surface area (Å²) in [5, 5.41) is 11.7.